The summed E-state index contributed by atoms with van der Waals surface area (Å²) < 4.78 is 0. The van der Waals surface area contributed by atoms with E-state index in [1.165, 1.54) is 33.8 Å². The van der Waals surface area contributed by atoms with Crippen molar-refractivity contribution in [3.63, 3.8) is 0 Å². The Bertz CT molecular complexity index is 704. The molecule has 22 heavy (non-hydrogen) atoms. The molecule has 0 bridgehead atoms. The molecule has 4 heteroatoms. The van der Waals surface area contributed by atoms with E-state index in [4.69, 9.17) is 4.99 Å². The SMILES string of the molecule is C=C1CN=C(c2cccs2)c2cc([SiH2]CCC)ccc2N1C. The van der Waals surface area contributed by atoms with Crippen molar-refractivity contribution in [1.29, 1.82) is 0 Å². The van der Waals surface area contributed by atoms with Gasteiger partial charge in [-0.3, -0.25) is 4.99 Å². The number of anilines is 1. The molecule has 1 aromatic heterocycles. The van der Waals surface area contributed by atoms with E-state index in [1.54, 1.807) is 11.3 Å². The topological polar surface area (TPSA) is 15.6 Å². The first-order valence-corrected chi connectivity index (χ1v) is 10.4. The highest BCUT2D eigenvalue weighted by Gasteiger charge is 2.20. The van der Waals surface area contributed by atoms with E-state index in [-0.39, 0.29) is 9.52 Å². The average molecular weight is 327 g/mol. The fraction of sp³-hybridized carbons (Fsp3) is 0.278. The van der Waals surface area contributed by atoms with Gasteiger partial charge in [-0.2, -0.15) is 0 Å². The molecular weight excluding hydrogens is 304 g/mol. The van der Waals surface area contributed by atoms with Crippen molar-refractivity contribution in [3.8, 4) is 0 Å². The maximum absolute atomic E-state index is 4.86. The standard InChI is InChI=1S/C18H22N2SSi/c1-4-10-22-14-7-8-16-15(11-14)18(17-6-5-9-21-17)19-12-13(2)20(16)3/h5-9,11H,2,4,10,12,22H2,1,3H3. The summed E-state index contributed by atoms with van der Waals surface area (Å²) in [6.07, 6.45) is 1.28. The fourth-order valence-electron chi connectivity index (χ4n) is 2.76. The summed E-state index contributed by atoms with van der Waals surface area (Å²) in [5, 5.41) is 3.65. The molecule has 0 aliphatic carbocycles. The largest absolute Gasteiger partial charge is 0.346 e. The van der Waals surface area contributed by atoms with Crippen molar-refractivity contribution in [2.75, 3.05) is 18.5 Å². The molecule has 0 spiro atoms. The molecule has 0 fully saturated rings. The number of benzene rings is 1. The van der Waals surface area contributed by atoms with E-state index in [0.29, 0.717) is 6.54 Å². The summed E-state index contributed by atoms with van der Waals surface area (Å²) in [6, 6.07) is 12.6. The van der Waals surface area contributed by atoms with Crippen LogP contribution < -0.4 is 10.1 Å². The lowest BCUT2D eigenvalue weighted by Gasteiger charge is -2.21. The Morgan fingerprint density at radius 2 is 2.23 bits per heavy atom. The summed E-state index contributed by atoms with van der Waals surface area (Å²) in [7, 11) is 1.93. The van der Waals surface area contributed by atoms with Gasteiger partial charge >= 0.3 is 0 Å². The van der Waals surface area contributed by atoms with Gasteiger partial charge in [0.25, 0.3) is 0 Å². The van der Waals surface area contributed by atoms with Crippen LogP contribution in [-0.2, 0) is 0 Å². The van der Waals surface area contributed by atoms with Crippen molar-refractivity contribution < 1.29 is 0 Å². The third kappa shape index (κ3) is 2.94. The van der Waals surface area contributed by atoms with Crippen LogP contribution in [0.15, 0.2) is 53.0 Å². The third-order valence-corrected chi connectivity index (χ3v) is 7.10. The second kappa shape index (κ2) is 6.63. The molecule has 0 saturated heterocycles. The molecule has 0 atom stereocenters. The van der Waals surface area contributed by atoms with Gasteiger partial charge in [-0.25, -0.2) is 0 Å². The molecule has 0 saturated carbocycles. The van der Waals surface area contributed by atoms with Crippen molar-refractivity contribution in [2.45, 2.75) is 19.4 Å². The average Bonchev–Trinajstić information content (AvgIpc) is 3.03. The summed E-state index contributed by atoms with van der Waals surface area (Å²) in [5.74, 6) is 0. The number of aliphatic imine (C=N–C) groups is 1. The summed E-state index contributed by atoms with van der Waals surface area (Å²) in [5.41, 5.74) is 4.67. The second-order valence-corrected chi connectivity index (χ2v) is 8.69. The van der Waals surface area contributed by atoms with Gasteiger partial charge in [-0.1, -0.05) is 49.4 Å². The maximum Gasteiger partial charge on any atom is 0.0844 e. The van der Waals surface area contributed by atoms with Gasteiger partial charge < -0.3 is 4.90 Å². The Balaban J connectivity index is 2.10. The smallest absolute Gasteiger partial charge is 0.0844 e. The molecule has 114 valence electrons. The highest BCUT2D eigenvalue weighted by molar-refractivity contribution is 7.12. The first-order chi connectivity index (χ1) is 10.7. The lowest BCUT2D eigenvalue weighted by atomic mass is 10.1. The molecule has 1 aliphatic rings. The van der Waals surface area contributed by atoms with E-state index in [9.17, 15) is 0 Å². The first kappa shape index (κ1) is 15.3. The minimum Gasteiger partial charge on any atom is -0.346 e. The van der Waals surface area contributed by atoms with Crippen molar-refractivity contribution >= 4 is 37.4 Å². The van der Waals surface area contributed by atoms with Gasteiger partial charge in [0.1, 0.15) is 0 Å². The van der Waals surface area contributed by atoms with Crippen LogP contribution in [0.25, 0.3) is 0 Å². The van der Waals surface area contributed by atoms with E-state index in [1.807, 2.05) is 0 Å². The number of rotatable bonds is 4. The van der Waals surface area contributed by atoms with Crippen LogP contribution in [0.4, 0.5) is 5.69 Å². The Morgan fingerprint density at radius 1 is 1.36 bits per heavy atom. The van der Waals surface area contributed by atoms with Gasteiger partial charge in [0, 0.05) is 18.3 Å². The monoisotopic (exact) mass is 326 g/mol. The van der Waals surface area contributed by atoms with E-state index >= 15 is 0 Å². The molecule has 2 aromatic rings. The van der Waals surface area contributed by atoms with Crippen LogP contribution in [-0.4, -0.2) is 28.8 Å². The van der Waals surface area contributed by atoms with E-state index in [0.717, 1.165) is 11.4 Å². The van der Waals surface area contributed by atoms with Crippen LogP contribution in [0.2, 0.25) is 6.04 Å². The van der Waals surface area contributed by atoms with Crippen molar-refractivity contribution in [2.24, 2.45) is 4.99 Å². The van der Waals surface area contributed by atoms with Crippen molar-refractivity contribution in [3.05, 3.63) is 58.4 Å². The lowest BCUT2D eigenvalue weighted by molar-refractivity contribution is 1.03. The van der Waals surface area contributed by atoms with Crippen LogP contribution in [0.3, 0.4) is 0 Å². The number of likely N-dealkylation sites (N-methyl/N-ethyl adjacent to an activating group) is 1. The Kier molecular flexibility index (Phi) is 4.59. The predicted octanol–water partition coefficient (Wildman–Crippen LogP) is 3.17. The predicted molar refractivity (Wildman–Crippen MR) is 102 cm³/mol. The van der Waals surface area contributed by atoms with Gasteiger partial charge in [0.2, 0.25) is 0 Å². The van der Waals surface area contributed by atoms with Crippen LogP contribution >= 0.6 is 11.3 Å². The Hall–Kier alpha value is -1.65. The van der Waals surface area contributed by atoms with Gasteiger partial charge in [-0.15, -0.1) is 11.3 Å². The first-order valence-electron chi connectivity index (χ1n) is 7.84. The number of hydrogen-bond acceptors (Lipinski definition) is 3. The van der Waals surface area contributed by atoms with E-state index < -0.39 is 0 Å². The minimum absolute atomic E-state index is 0.165. The molecule has 2 heterocycles. The van der Waals surface area contributed by atoms with Crippen LogP contribution in [0.5, 0.6) is 0 Å². The molecule has 2 nitrogen and oxygen atoms in total. The molecule has 0 N–H and O–H groups in total. The normalized spacial score (nSPS) is 15.1. The highest BCUT2D eigenvalue weighted by Crippen LogP contribution is 2.29. The zero-order chi connectivity index (χ0) is 15.5. The molecule has 3 rings (SSSR count). The number of fused-ring (bicyclic) bond motifs is 1. The van der Waals surface area contributed by atoms with Crippen LogP contribution in [0.1, 0.15) is 23.8 Å². The Morgan fingerprint density at radius 3 is 2.95 bits per heavy atom. The molecule has 1 aliphatic heterocycles. The van der Waals surface area contributed by atoms with Crippen LogP contribution in [0, 0.1) is 0 Å². The zero-order valence-corrected chi connectivity index (χ0v) is 15.5. The van der Waals surface area contributed by atoms with Crippen molar-refractivity contribution in [1.82, 2.24) is 0 Å². The maximum atomic E-state index is 4.86. The second-order valence-electron chi connectivity index (χ2n) is 5.72. The highest BCUT2D eigenvalue weighted by atomic mass is 32.1. The molecular formula is C18H22N2SSi. The minimum atomic E-state index is -0.165. The van der Waals surface area contributed by atoms with Gasteiger partial charge in [-0.05, 0) is 17.5 Å². The lowest BCUT2D eigenvalue weighted by Crippen LogP contribution is -2.21. The molecule has 1 aromatic carbocycles. The number of benzodiazepines with no additional fused rings is 1. The zero-order valence-electron chi connectivity index (χ0n) is 13.3. The number of nitrogens with zero attached hydrogens (tertiary/aromatic N) is 2. The number of hydrogen-bond donors (Lipinski definition) is 0. The van der Waals surface area contributed by atoms with Gasteiger partial charge in [0.15, 0.2) is 0 Å². The Labute approximate surface area is 139 Å². The van der Waals surface area contributed by atoms with E-state index in [2.05, 4.69) is 61.2 Å². The fourth-order valence-corrected chi connectivity index (χ4v) is 4.90. The molecule has 0 radical (unpaired) electrons. The summed E-state index contributed by atoms with van der Waals surface area (Å²) in [4.78, 5) is 8.30. The summed E-state index contributed by atoms with van der Waals surface area (Å²) >= 11 is 1.76. The quantitative estimate of drug-likeness (QED) is 0.788. The molecule has 0 amide bonds. The molecule has 0 unspecified atom stereocenters. The van der Waals surface area contributed by atoms with Gasteiger partial charge in [0.05, 0.1) is 32.3 Å². The third-order valence-electron chi connectivity index (χ3n) is 4.15. The summed E-state index contributed by atoms with van der Waals surface area (Å²) in [6.45, 7) is 7.11. The number of thiophene rings is 1.